The Hall–Kier alpha value is -4.30. The Morgan fingerprint density at radius 3 is 1.84 bits per heavy atom. The van der Waals surface area contributed by atoms with Gasteiger partial charge in [0.15, 0.2) is 0 Å². The van der Waals surface area contributed by atoms with E-state index in [0.717, 1.165) is 0 Å². The Morgan fingerprint density at radius 2 is 1.08 bits per heavy atom. The number of hydrogen-bond acceptors (Lipinski definition) is 1. The summed E-state index contributed by atoms with van der Waals surface area (Å²) in [4.78, 5) is 2.46. The molecule has 6 aromatic rings. The molecule has 0 aliphatic carbocycles. The number of aromatic nitrogens is 1. The maximum atomic E-state index is 2.53. The van der Waals surface area contributed by atoms with Gasteiger partial charge in [0.2, 0.25) is 0 Å². The third-order valence-corrected chi connectivity index (χ3v) is 9.14. The molecule has 0 atom stereocenters. The molecule has 8 rings (SSSR count). The largest absolute Gasteiger partial charge is 0.310 e. The molecule has 0 amide bonds. The van der Waals surface area contributed by atoms with Crippen molar-refractivity contribution in [1.29, 1.82) is 0 Å². The number of hydrogen-bond donors (Lipinski definition) is 0. The average Bonchev–Trinajstić information content (AvgIpc) is 3.26. The molecule has 0 bridgehead atoms. The van der Waals surface area contributed by atoms with Gasteiger partial charge < -0.3 is 9.47 Å². The van der Waals surface area contributed by atoms with Crippen LogP contribution in [0.3, 0.4) is 0 Å². The summed E-state index contributed by atoms with van der Waals surface area (Å²) in [6.45, 7) is 9.48. The number of rotatable bonds is 1. The van der Waals surface area contributed by atoms with Gasteiger partial charge in [-0.05, 0) is 58.7 Å². The van der Waals surface area contributed by atoms with E-state index in [1.54, 1.807) is 0 Å². The van der Waals surface area contributed by atoms with E-state index < -0.39 is 0 Å². The minimum atomic E-state index is -0.130. The van der Waals surface area contributed by atoms with Gasteiger partial charge in [0, 0.05) is 27.3 Å². The number of benzene rings is 5. The fourth-order valence-electron chi connectivity index (χ4n) is 7.21. The molecule has 0 fully saturated rings. The van der Waals surface area contributed by atoms with E-state index in [1.807, 2.05) is 0 Å². The minimum absolute atomic E-state index is 0.0638. The molecule has 2 aliphatic heterocycles. The fourth-order valence-corrected chi connectivity index (χ4v) is 7.21. The van der Waals surface area contributed by atoms with Gasteiger partial charge in [-0.3, -0.25) is 0 Å². The zero-order valence-electron chi connectivity index (χ0n) is 22.3. The molecule has 0 spiro atoms. The lowest BCUT2D eigenvalue weighted by molar-refractivity contribution is 0.630. The quantitative estimate of drug-likeness (QED) is 0.223. The van der Waals surface area contributed by atoms with Crippen molar-refractivity contribution in [3.05, 3.63) is 131 Å². The highest BCUT2D eigenvalue weighted by molar-refractivity contribution is 6.13. The first-order valence-electron chi connectivity index (χ1n) is 13.6. The SMILES string of the molecule is CC1(C)c2ccccc2N(c2ccccc2)c2cc3c(cc21)c1cccc2c1n3-c1ccccc1C2(C)C. The van der Waals surface area contributed by atoms with Crippen LogP contribution < -0.4 is 4.90 Å². The number of para-hydroxylation sites is 4. The number of fused-ring (bicyclic) bond motifs is 7. The molecule has 2 nitrogen and oxygen atoms in total. The van der Waals surface area contributed by atoms with Crippen molar-refractivity contribution in [3.63, 3.8) is 0 Å². The Kier molecular flexibility index (Phi) is 4.10. The smallest absolute Gasteiger partial charge is 0.0582 e. The summed E-state index contributed by atoms with van der Waals surface area (Å²) in [7, 11) is 0. The molecule has 2 aliphatic rings. The summed E-state index contributed by atoms with van der Waals surface area (Å²) in [6, 6.07) is 40.5. The van der Waals surface area contributed by atoms with E-state index in [1.165, 1.54) is 66.8 Å². The monoisotopic (exact) mass is 490 g/mol. The lowest BCUT2D eigenvalue weighted by Gasteiger charge is -2.42. The second-order valence-corrected chi connectivity index (χ2v) is 11.9. The molecule has 3 heterocycles. The second kappa shape index (κ2) is 7.17. The average molecular weight is 491 g/mol. The molecule has 1 aromatic heterocycles. The van der Waals surface area contributed by atoms with Crippen LogP contribution in [0.25, 0.3) is 27.5 Å². The zero-order valence-corrected chi connectivity index (χ0v) is 22.3. The summed E-state index contributed by atoms with van der Waals surface area (Å²) in [5.74, 6) is 0. The first kappa shape index (κ1) is 21.8. The predicted octanol–water partition coefficient (Wildman–Crippen LogP) is 9.53. The molecule has 0 N–H and O–H groups in total. The van der Waals surface area contributed by atoms with Gasteiger partial charge in [-0.25, -0.2) is 0 Å². The third-order valence-electron chi connectivity index (χ3n) is 9.14. The predicted molar refractivity (Wildman–Crippen MR) is 160 cm³/mol. The Labute approximate surface area is 223 Å². The van der Waals surface area contributed by atoms with Crippen molar-refractivity contribution in [2.24, 2.45) is 0 Å². The summed E-state index contributed by atoms with van der Waals surface area (Å²) in [6.07, 6.45) is 0. The summed E-state index contributed by atoms with van der Waals surface area (Å²) in [5.41, 5.74) is 12.9. The van der Waals surface area contributed by atoms with Crippen LogP contribution in [0, 0.1) is 0 Å². The Morgan fingerprint density at radius 1 is 0.474 bits per heavy atom. The van der Waals surface area contributed by atoms with Crippen LogP contribution in [0.4, 0.5) is 17.1 Å². The van der Waals surface area contributed by atoms with Crippen molar-refractivity contribution < 1.29 is 0 Å². The van der Waals surface area contributed by atoms with Crippen LogP contribution in [-0.4, -0.2) is 4.57 Å². The summed E-state index contributed by atoms with van der Waals surface area (Å²) in [5, 5.41) is 2.66. The third kappa shape index (κ3) is 2.58. The molecule has 38 heavy (non-hydrogen) atoms. The van der Waals surface area contributed by atoms with Crippen LogP contribution in [0.2, 0.25) is 0 Å². The summed E-state index contributed by atoms with van der Waals surface area (Å²) < 4.78 is 2.53. The van der Waals surface area contributed by atoms with E-state index in [9.17, 15) is 0 Å². The normalized spacial score (nSPS) is 16.3. The molecule has 5 aromatic carbocycles. The van der Waals surface area contributed by atoms with E-state index >= 15 is 0 Å². The number of anilines is 3. The highest BCUT2D eigenvalue weighted by Gasteiger charge is 2.39. The van der Waals surface area contributed by atoms with Gasteiger partial charge in [0.25, 0.3) is 0 Å². The van der Waals surface area contributed by atoms with E-state index in [0.29, 0.717) is 0 Å². The molecule has 0 saturated heterocycles. The molecule has 0 unspecified atom stereocenters. The van der Waals surface area contributed by atoms with E-state index in [4.69, 9.17) is 0 Å². The van der Waals surface area contributed by atoms with Gasteiger partial charge in [0.05, 0.1) is 28.1 Å². The molecular formula is C36H30N2. The van der Waals surface area contributed by atoms with Gasteiger partial charge in [-0.1, -0.05) is 100 Å². The fraction of sp³-hybridized carbons (Fsp3) is 0.167. The lowest BCUT2D eigenvalue weighted by atomic mass is 9.73. The van der Waals surface area contributed by atoms with Crippen LogP contribution >= 0.6 is 0 Å². The highest BCUT2D eigenvalue weighted by Crippen LogP contribution is 2.55. The van der Waals surface area contributed by atoms with Crippen molar-refractivity contribution in [2.45, 2.75) is 38.5 Å². The first-order chi connectivity index (χ1) is 18.4. The van der Waals surface area contributed by atoms with Crippen LogP contribution in [0.15, 0.2) is 109 Å². The van der Waals surface area contributed by atoms with E-state index in [2.05, 4.69) is 146 Å². The van der Waals surface area contributed by atoms with Gasteiger partial charge in [-0.2, -0.15) is 0 Å². The maximum Gasteiger partial charge on any atom is 0.0582 e. The topological polar surface area (TPSA) is 8.17 Å². The first-order valence-corrected chi connectivity index (χ1v) is 13.6. The van der Waals surface area contributed by atoms with Gasteiger partial charge >= 0.3 is 0 Å². The van der Waals surface area contributed by atoms with Crippen LogP contribution in [0.5, 0.6) is 0 Å². The van der Waals surface area contributed by atoms with Crippen molar-refractivity contribution in [2.75, 3.05) is 4.90 Å². The van der Waals surface area contributed by atoms with Gasteiger partial charge in [-0.15, -0.1) is 0 Å². The highest BCUT2D eigenvalue weighted by atomic mass is 15.2. The van der Waals surface area contributed by atoms with Crippen molar-refractivity contribution >= 4 is 38.9 Å². The molecule has 0 saturated carbocycles. The Bertz CT molecular complexity index is 1920. The maximum absolute atomic E-state index is 2.53. The van der Waals surface area contributed by atoms with Gasteiger partial charge in [0.1, 0.15) is 0 Å². The molecular weight excluding hydrogens is 460 g/mol. The van der Waals surface area contributed by atoms with Crippen LogP contribution in [-0.2, 0) is 10.8 Å². The lowest BCUT2D eigenvalue weighted by Crippen LogP contribution is -2.30. The van der Waals surface area contributed by atoms with Crippen molar-refractivity contribution in [3.8, 4) is 5.69 Å². The number of nitrogens with zero attached hydrogens (tertiary/aromatic N) is 2. The molecule has 0 radical (unpaired) electrons. The zero-order chi connectivity index (χ0) is 25.8. The van der Waals surface area contributed by atoms with E-state index in [-0.39, 0.29) is 10.8 Å². The molecule has 2 heteroatoms. The second-order valence-electron chi connectivity index (χ2n) is 11.9. The van der Waals surface area contributed by atoms with Crippen molar-refractivity contribution in [1.82, 2.24) is 4.57 Å². The standard InChI is InChI=1S/C36H30N2/c1-35(2)27-17-9-11-20-31(27)38-32-22-33-29(21-25(32)24-15-12-18-28(35)34(24)38)36(3,4)26-16-8-10-19-30(26)37(33)23-13-6-5-7-14-23/h5-22H,1-4H3. The summed E-state index contributed by atoms with van der Waals surface area (Å²) >= 11 is 0. The minimum Gasteiger partial charge on any atom is -0.310 e. The Balaban J connectivity index is 1.55. The molecule has 184 valence electrons. The van der Waals surface area contributed by atoms with Crippen LogP contribution in [0.1, 0.15) is 49.9 Å².